The van der Waals surface area contributed by atoms with Crippen LogP contribution in [0.5, 0.6) is 0 Å². The molecule has 4 atom stereocenters. The number of likely N-dealkylation sites (tertiary alicyclic amines) is 1. The first-order valence-corrected chi connectivity index (χ1v) is 14.1. The van der Waals surface area contributed by atoms with Crippen molar-refractivity contribution in [3.63, 3.8) is 0 Å². The van der Waals surface area contributed by atoms with Gasteiger partial charge in [-0.05, 0) is 62.4 Å². The van der Waals surface area contributed by atoms with E-state index < -0.39 is 46.8 Å². The van der Waals surface area contributed by atoms with E-state index in [-0.39, 0.29) is 43.4 Å². The molecular formula is C32H37FN4O5. The number of nitrogens with one attached hydrogen (secondary N) is 2. The molecule has 2 aliphatic rings. The van der Waals surface area contributed by atoms with Crippen molar-refractivity contribution in [2.45, 2.75) is 77.0 Å². The molecule has 2 heterocycles. The van der Waals surface area contributed by atoms with Crippen LogP contribution in [0.25, 0.3) is 0 Å². The molecule has 42 heavy (non-hydrogen) atoms. The van der Waals surface area contributed by atoms with Crippen molar-refractivity contribution in [1.29, 1.82) is 5.26 Å². The van der Waals surface area contributed by atoms with Crippen LogP contribution in [-0.4, -0.2) is 52.8 Å². The largest absolute Gasteiger partial charge is 0.444 e. The number of halogens is 1. The lowest BCUT2D eigenvalue weighted by Gasteiger charge is -2.29. The molecule has 4 rings (SSSR count). The number of alkyl carbamates (subject to hydrolysis) is 1. The van der Waals surface area contributed by atoms with E-state index in [4.69, 9.17) is 4.74 Å². The minimum absolute atomic E-state index is 0.00914. The van der Waals surface area contributed by atoms with Crippen molar-refractivity contribution in [1.82, 2.24) is 10.2 Å². The topological polar surface area (TPSA) is 129 Å². The van der Waals surface area contributed by atoms with Crippen LogP contribution in [0.15, 0.2) is 48.5 Å². The van der Waals surface area contributed by atoms with E-state index in [9.17, 15) is 28.8 Å². The molecule has 0 aliphatic carbocycles. The predicted octanol–water partition coefficient (Wildman–Crippen LogP) is 4.51. The number of anilines is 1. The molecule has 0 aromatic heterocycles. The van der Waals surface area contributed by atoms with Crippen molar-refractivity contribution in [2.24, 2.45) is 11.8 Å². The normalized spacial score (nSPS) is 21.0. The number of Topliss-reactive ketones (excluding diaryl/α,β-unsaturated/α-hetero) is 1. The van der Waals surface area contributed by atoms with E-state index in [0.29, 0.717) is 11.3 Å². The van der Waals surface area contributed by atoms with Crippen molar-refractivity contribution in [3.05, 3.63) is 65.5 Å². The van der Waals surface area contributed by atoms with Crippen LogP contribution in [0.2, 0.25) is 0 Å². The molecule has 1 saturated heterocycles. The maximum absolute atomic E-state index is 14.2. The quantitative estimate of drug-likeness (QED) is 0.476. The van der Waals surface area contributed by atoms with Crippen LogP contribution in [0.1, 0.15) is 58.6 Å². The number of carbonyl (C=O) groups is 4. The molecule has 0 radical (unpaired) electrons. The molecule has 0 saturated carbocycles. The molecule has 9 nitrogen and oxygen atoms in total. The molecule has 2 aromatic rings. The number of nitriles is 1. The Morgan fingerprint density at radius 3 is 2.45 bits per heavy atom. The summed E-state index contributed by atoms with van der Waals surface area (Å²) in [7, 11) is 0. The highest BCUT2D eigenvalue weighted by molar-refractivity contribution is 6.07. The Labute approximate surface area is 245 Å². The number of fused-ring (bicyclic) bond motifs is 2. The number of rotatable bonds is 8. The van der Waals surface area contributed by atoms with Crippen molar-refractivity contribution < 1.29 is 28.3 Å². The van der Waals surface area contributed by atoms with Gasteiger partial charge in [0.15, 0.2) is 5.78 Å². The minimum Gasteiger partial charge on any atom is -0.444 e. The molecule has 3 amide bonds. The number of hydrogen-bond acceptors (Lipinski definition) is 6. The van der Waals surface area contributed by atoms with E-state index in [1.165, 1.54) is 17.0 Å². The first kappa shape index (κ1) is 30.7. The monoisotopic (exact) mass is 576 g/mol. The van der Waals surface area contributed by atoms with Gasteiger partial charge in [-0.2, -0.15) is 5.26 Å². The summed E-state index contributed by atoms with van der Waals surface area (Å²) < 4.78 is 19.0. The summed E-state index contributed by atoms with van der Waals surface area (Å²) in [6, 6.07) is 13.3. The SMILES string of the molecule is CC(C)[C@H](NC(=O)OC(C)(C)C)C(=O)C[C@@H](Cc1ccc(F)cc1)C(=O)N1C[C@]2(C[C@H]1C#N)C(=O)Nc1ccccc12. The number of hydrogen-bond donors (Lipinski definition) is 2. The number of ketones is 1. The zero-order valence-corrected chi connectivity index (χ0v) is 24.6. The van der Waals surface area contributed by atoms with Gasteiger partial charge >= 0.3 is 6.09 Å². The van der Waals surface area contributed by atoms with Gasteiger partial charge in [0.2, 0.25) is 11.8 Å². The molecule has 2 N–H and O–H groups in total. The molecule has 2 aromatic carbocycles. The summed E-state index contributed by atoms with van der Waals surface area (Å²) in [5, 5.41) is 15.6. The summed E-state index contributed by atoms with van der Waals surface area (Å²) >= 11 is 0. The molecule has 10 heteroatoms. The second-order valence-corrected chi connectivity index (χ2v) is 12.5. The molecule has 0 unspecified atom stereocenters. The fraction of sp³-hybridized carbons (Fsp3) is 0.469. The molecular weight excluding hydrogens is 539 g/mol. The highest BCUT2D eigenvalue weighted by Gasteiger charge is 2.56. The number of amides is 3. The van der Waals surface area contributed by atoms with Gasteiger partial charge in [-0.25, -0.2) is 9.18 Å². The third-order valence-electron chi connectivity index (χ3n) is 7.79. The first-order chi connectivity index (χ1) is 19.7. The van der Waals surface area contributed by atoms with Crippen LogP contribution in [0.4, 0.5) is 14.9 Å². The first-order valence-electron chi connectivity index (χ1n) is 14.1. The third-order valence-corrected chi connectivity index (χ3v) is 7.79. The number of nitrogens with zero attached hydrogens (tertiary/aromatic N) is 2. The number of benzene rings is 2. The molecule has 1 spiro atoms. The molecule has 222 valence electrons. The van der Waals surface area contributed by atoms with Gasteiger partial charge < -0.3 is 20.3 Å². The lowest BCUT2D eigenvalue weighted by atomic mass is 9.80. The van der Waals surface area contributed by atoms with Crippen LogP contribution < -0.4 is 10.6 Å². The molecule has 0 bridgehead atoms. The van der Waals surface area contributed by atoms with Gasteiger partial charge in [0.05, 0.1) is 17.5 Å². The predicted molar refractivity (Wildman–Crippen MR) is 154 cm³/mol. The fourth-order valence-electron chi connectivity index (χ4n) is 5.80. The standard InChI is InChI=1S/C32H37FN4O5/c1-19(2)27(36-30(41)42-31(3,4)5)26(38)15-21(14-20-10-12-22(33)13-11-20)28(39)37-18-32(16-23(37)17-34)24-8-6-7-9-25(24)35-29(32)40/h6-13,19,21,23,27H,14-16,18H2,1-5H3,(H,35,40)(H,36,41)/t21-,23+,27+,32+/m1/s1. The van der Waals surface area contributed by atoms with Crippen LogP contribution >= 0.6 is 0 Å². The number of para-hydroxylation sites is 1. The van der Waals surface area contributed by atoms with E-state index in [1.807, 2.05) is 12.1 Å². The van der Waals surface area contributed by atoms with Gasteiger partial charge in [-0.3, -0.25) is 14.4 Å². The fourth-order valence-corrected chi connectivity index (χ4v) is 5.80. The van der Waals surface area contributed by atoms with Gasteiger partial charge in [0.25, 0.3) is 0 Å². The summed E-state index contributed by atoms with van der Waals surface area (Å²) in [6.07, 6.45) is -0.747. The Morgan fingerprint density at radius 1 is 1.17 bits per heavy atom. The summed E-state index contributed by atoms with van der Waals surface area (Å²) in [6.45, 7) is 8.70. The lowest BCUT2D eigenvalue weighted by Crippen LogP contribution is -2.48. The van der Waals surface area contributed by atoms with Gasteiger partial charge in [0.1, 0.15) is 17.5 Å². The third kappa shape index (κ3) is 6.46. The molecule has 2 aliphatic heterocycles. The number of carbonyl (C=O) groups excluding carboxylic acids is 4. The van der Waals surface area contributed by atoms with Crippen LogP contribution in [0.3, 0.4) is 0 Å². The van der Waals surface area contributed by atoms with Crippen LogP contribution in [0, 0.1) is 29.0 Å². The highest BCUT2D eigenvalue weighted by atomic mass is 19.1. The highest BCUT2D eigenvalue weighted by Crippen LogP contribution is 2.46. The van der Waals surface area contributed by atoms with Gasteiger partial charge in [0, 0.05) is 31.0 Å². The van der Waals surface area contributed by atoms with E-state index in [0.717, 1.165) is 5.56 Å². The van der Waals surface area contributed by atoms with E-state index >= 15 is 0 Å². The maximum Gasteiger partial charge on any atom is 0.408 e. The van der Waals surface area contributed by atoms with E-state index in [1.54, 1.807) is 58.9 Å². The lowest BCUT2D eigenvalue weighted by molar-refractivity contribution is -0.138. The van der Waals surface area contributed by atoms with Gasteiger partial charge in [-0.1, -0.05) is 44.2 Å². The average Bonchev–Trinajstić information content (AvgIpc) is 3.44. The van der Waals surface area contributed by atoms with Crippen molar-refractivity contribution in [2.75, 3.05) is 11.9 Å². The smallest absolute Gasteiger partial charge is 0.408 e. The summed E-state index contributed by atoms with van der Waals surface area (Å²) in [5.74, 6) is -2.75. The number of ether oxygens (including phenoxy) is 1. The Hall–Kier alpha value is -4.26. The summed E-state index contributed by atoms with van der Waals surface area (Å²) in [5.41, 5.74) is 0.183. The maximum atomic E-state index is 14.2. The Morgan fingerprint density at radius 2 is 1.83 bits per heavy atom. The van der Waals surface area contributed by atoms with Crippen LogP contribution in [-0.2, 0) is 31.0 Å². The zero-order chi connectivity index (χ0) is 30.8. The van der Waals surface area contributed by atoms with Gasteiger partial charge in [-0.15, -0.1) is 0 Å². The zero-order valence-electron chi connectivity index (χ0n) is 24.6. The second kappa shape index (κ2) is 11.9. The Bertz CT molecular complexity index is 1410. The summed E-state index contributed by atoms with van der Waals surface area (Å²) in [4.78, 5) is 55.0. The molecule has 1 fully saturated rings. The average molecular weight is 577 g/mol. The van der Waals surface area contributed by atoms with Crippen molar-refractivity contribution >= 4 is 29.4 Å². The Balaban J connectivity index is 1.62. The van der Waals surface area contributed by atoms with Crippen molar-refractivity contribution in [3.8, 4) is 6.07 Å². The minimum atomic E-state index is -1.07. The van der Waals surface area contributed by atoms with E-state index in [2.05, 4.69) is 16.7 Å². The Kier molecular flexibility index (Phi) is 8.71. The second-order valence-electron chi connectivity index (χ2n) is 12.5.